The Balaban J connectivity index is 2.22. The lowest BCUT2D eigenvalue weighted by atomic mass is 9.92. The van der Waals surface area contributed by atoms with E-state index in [1.807, 2.05) is 0 Å². The first-order valence-electron chi connectivity index (χ1n) is 8.98. The number of aliphatic carboxylic acids is 2. The monoisotopic (exact) mass is 418 g/mol. The van der Waals surface area contributed by atoms with Crippen LogP contribution in [-0.2, 0) is 14.3 Å². The Morgan fingerprint density at radius 2 is 1.50 bits per heavy atom. The lowest BCUT2D eigenvalue weighted by molar-refractivity contribution is -0.163. The largest absolute Gasteiger partial charge is 0.479 e. The summed E-state index contributed by atoms with van der Waals surface area (Å²) in [5, 5.41) is 21.8. The van der Waals surface area contributed by atoms with Gasteiger partial charge in [0.15, 0.2) is 0 Å². The van der Waals surface area contributed by atoms with E-state index < -0.39 is 47.4 Å². The van der Waals surface area contributed by atoms with Gasteiger partial charge in [-0.05, 0) is 32.9 Å². The molecule has 0 radical (unpaired) electrons. The number of amides is 3. The Hall–Kier alpha value is -3.69. The minimum absolute atomic E-state index is 0.0649. The van der Waals surface area contributed by atoms with Crippen molar-refractivity contribution in [2.24, 2.45) is 0 Å². The molecule has 3 N–H and O–H groups in total. The molecule has 1 heterocycles. The molecule has 1 aliphatic heterocycles. The molecule has 0 bridgehead atoms. The van der Waals surface area contributed by atoms with Gasteiger partial charge in [-0.15, -0.1) is 0 Å². The van der Waals surface area contributed by atoms with Crippen molar-refractivity contribution < 1.29 is 38.9 Å². The number of fused-ring (bicyclic) bond motifs is 1. The summed E-state index contributed by atoms with van der Waals surface area (Å²) < 4.78 is 5.04. The van der Waals surface area contributed by atoms with Gasteiger partial charge in [0.05, 0.1) is 11.1 Å². The third-order valence-corrected chi connectivity index (χ3v) is 4.23. The van der Waals surface area contributed by atoms with E-state index in [1.54, 1.807) is 20.8 Å². The first-order valence-corrected chi connectivity index (χ1v) is 8.98. The van der Waals surface area contributed by atoms with Crippen LogP contribution in [0.5, 0.6) is 0 Å². The quantitative estimate of drug-likeness (QED) is 0.344. The maximum absolute atomic E-state index is 12.7. The van der Waals surface area contributed by atoms with Gasteiger partial charge in [-0.2, -0.15) is 0 Å². The fraction of sp³-hybridized carbons (Fsp3) is 0.350. The number of hydrogen-bond acceptors (Lipinski definition) is 6. The van der Waals surface area contributed by atoms with E-state index in [0.717, 1.165) is 0 Å². The Morgan fingerprint density at radius 1 is 1.00 bits per heavy atom. The summed E-state index contributed by atoms with van der Waals surface area (Å²) in [4.78, 5) is 61.1. The van der Waals surface area contributed by atoms with E-state index >= 15 is 0 Å². The number of carboxylic acids is 2. The molecular weight excluding hydrogens is 396 g/mol. The molecule has 160 valence electrons. The van der Waals surface area contributed by atoms with Gasteiger partial charge in [-0.1, -0.05) is 24.3 Å². The highest BCUT2D eigenvalue weighted by atomic mass is 16.6. The van der Waals surface area contributed by atoms with Crippen LogP contribution in [0, 0.1) is 0 Å². The number of nitrogens with one attached hydrogen (secondary N) is 1. The van der Waals surface area contributed by atoms with Gasteiger partial charge in [0, 0.05) is 13.0 Å². The standard InChI is InChI=1S/C20H22N2O8/c1-19(2,3)30-18(29)21-11-7-6-10-20(16(25)26,17(27)28)22-14(23)12-8-4-5-9-13(12)15(22)24/h4-9H,10-11H2,1-3H3,(H,21,29)(H,25,26)(H,27,28). The van der Waals surface area contributed by atoms with E-state index in [1.165, 1.54) is 36.4 Å². The Bertz CT molecular complexity index is 880. The van der Waals surface area contributed by atoms with Gasteiger partial charge in [-0.25, -0.2) is 19.3 Å². The molecule has 0 saturated carbocycles. The Morgan fingerprint density at radius 3 is 1.93 bits per heavy atom. The molecule has 0 fully saturated rings. The maximum atomic E-state index is 12.7. The summed E-state index contributed by atoms with van der Waals surface area (Å²) in [5.41, 5.74) is -3.67. The molecule has 10 heteroatoms. The van der Waals surface area contributed by atoms with Gasteiger partial charge in [0.1, 0.15) is 5.60 Å². The molecule has 30 heavy (non-hydrogen) atoms. The van der Waals surface area contributed by atoms with E-state index in [-0.39, 0.29) is 22.6 Å². The summed E-state index contributed by atoms with van der Waals surface area (Å²) >= 11 is 0. The molecule has 0 saturated heterocycles. The van der Waals surface area contributed by atoms with Gasteiger partial charge in [-0.3, -0.25) is 9.59 Å². The molecule has 1 aliphatic rings. The third-order valence-electron chi connectivity index (χ3n) is 4.23. The molecule has 10 nitrogen and oxygen atoms in total. The summed E-state index contributed by atoms with van der Waals surface area (Å²) in [5.74, 6) is -5.73. The van der Waals surface area contributed by atoms with Crippen LogP contribution in [0.4, 0.5) is 4.79 Å². The highest BCUT2D eigenvalue weighted by Gasteiger charge is 2.58. The number of benzene rings is 1. The zero-order valence-electron chi connectivity index (χ0n) is 16.7. The van der Waals surface area contributed by atoms with Crippen LogP contribution in [0.15, 0.2) is 36.4 Å². The van der Waals surface area contributed by atoms with Crippen molar-refractivity contribution in [2.75, 3.05) is 6.54 Å². The van der Waals surface area contributed by atoms with Crippen molar-refractivity contribution >= 4 is 29.8 Å². The number of hydrogen-bond donors (Lipinski definition) is 3. The van der Waals surface area contributed by atoms with E-state index in [4.69, 9.17) is 4.74 Å². The van der Waals surface area contributed by atoms with Crippen LogP contribution in [0.3, 0.4) is 0 Å². The smallest absolute Gasteiger partial charge is 0.407 e. The lowest BCUT2D eigenvalue weighted by Gasteiger charge is -2.31. The van der Waals surface area contributed by atoms with E-state index in [2.05, 4.69) is 5.32 Å². The highest BCUT2D eigenvalue weighted by molar-refractivity contribution is 6.26. The molecule has 0 spiro atoms. The van der Waals surface area contributed by atoms with E-state index in [9.17, 15) is 34.2 Å². The lowest BCUT2D eigenvalue weighted by Crippen LogP contribution is -2.62. The molecule has 3 amide bonds. The number of carbonyl (C=O) groups is 5. The van der Waals surface area contributed by atoms with Crippen molar-refractivity contribution in [3.05, 3.63) is 47.5 Å². The number of imide groups is 1. The molecule has 1 aromatic carbocycles. The van der Waals surface area contributed by atoms with Crippen molar-refractivity contribution in [2.45, 2.75) is 38.3 Å². The third kappa shape index (κ3) is 4.32. The number of rotatable bonds is 7. The summed E-state index contributed by atoms with van der Waals surface area (Å²) in [6.07, 6.45) is 1.07. The van der Waals surface area contributed by atoms with Gasteiger partial charge >= 0.3 is 18.0 Å². The second-order valence-corrected chi connectivity index (χ2v) is 7.52. The number of nitrogens with zero attached hydrogens (tertiary/aromatic N) is 1. The predicted octanol–water partition coefficient (Wildman–Crippen LogP) is 1.66. The zero-order valence-corrected chi connectivity index (χ0v) is 16.7. The molecular formula is C20H22N2O8. The number of ether oxygens (including phenoxy) is 1. The predicted molar refractivity (Wildman–Crippen MR) is 103 cm³/mol. The topological polar surface area (TPSA) is 150 Å². The van der Waals surface area contributed by atoms with Crippen molar-refractivity contribution in [3.8, 4) is 0 Å². The summed E-state index contributed by atoms with van der Waals surface area (Å²) in [6, 6.07) is 5.62. The minimum atomic E-state index is -2.84. The van der Waals surface area contributed by atoms with Crippen molar-refractivity contribution in [1.82, 2.24) is 10.2 Å². The zero-order chi connectivity index (χ0) is 22.7. The fourth-order valence-corrected chi connectivity index (χ4v) is 2.88. The average Bonchev–Trinajstić information content (AvgIpc) is 2.88. The summed E-state index contributed by atoms with van der Waals surface area (Å²) in [6.45, 7) is 4.96. The van der Waals surface area contributed by atoms with Crippen LogP contribution >= 0.6 is 0 Å². The fourth-order valence-electron chi connectivity index (χ4n) is 2.88. The molecule has 0 atom stereocenters. The van der Waals surface area contributed by atoms with Crippen LogP contribution in [0.2, 0.25) is 0 Å². The van der Waals surface area contributed by atoms with Crippen molar-refractivity contribution in [1.29, 1.82) is 0 Å². The average molecular weight is 418 g/mol. The Labute approximate surface area is 172 Å². The molecule has 0 unspecified atom stereocenters. The number of carboxylic acid groups (broad SMARTS) is 2. The number of carbonyl (C=O) groups excluding carboxylic acids is 3. The van der Waals surface area contributed by atoms with Crippen molar-refractivity contribution in [3.63, 3.8) is 0 Å². The molecule has 0 aromatic heterocycles. The van der Waals surface area contributed by atoms with Gasteiger partial charge in [0.2, 0.25) is 5.54 Å². The molecule has 2 rings (SSSR count). The first-order chi connectivity index (χ1) is 13.9. The van der Waals surface area contributed by atoms with Crippen LogP contribution < -0.4 is 5.32 Å². The Kier molecular flexibility index (Phi) is 6.29. The molecule has 0 aliphatic carbocycles. The normalized spacial score (nSPS) is 14.0. The highest BCUT2D eigenvalue weighted by Crippen LogP contribution is 2.32. The van der Waals surface area contributed by atoms with Gasteiger partial charge < -0.3 is 20.3 Å². The maximum Gasteiger partial charge on any atom is 0.407 e. The second-order valence-electron chi connectivity index (χ2n) is 7.52. The van der Waals surface area contributed by atoms with E-state index in [0.29, 0.717) is 0 Å². The van der Waals surface area contributed by atoms with Crippen LogP contribution in [0.1, 0.15) is 47.9 Å². The minimum Gasteiger partial charge on any atom is -0.479 e. The molecule has 1 aromatic rings. The summed E-state index contributed by atoms with van der Waals surface area (Å²) in [7, 11) is 0. The van der Waals surface area contributed by atoms with Gasteiger partial charge in [0.25, 0.3) is 11.8 Å². The second kappa shape index (κ2) is 8.36. The van der Waals surface area contributed by atoms with Crippen LogP contribution in [0.25, 0.3) is 0 Å². The van der Waals surface area contributed by atoms with Crippen LogP contribution in [-0.4, -0.2) is 62.6 Å². The SMILES string of the molecule is CC(C)(C)OC(=O)NCC=CCC(C(=O)O)(C(=O)O)N1C(=O)c2ccccc2C1=O. The first kappa shape index (κ1) is 22.6. The number of alkyl carbamates (subject to hydrolysis) is 1.